The van der Waals surface area contributed by atoms with Crippen molar-refractivity contribution >= 4 is 34.0 Å². The standard InChI is InChI=1S/C28H36N4S/c1(3-14-30-24-8-10-25(11-9-24)32-18-16-29-17-19-32)2-4-20-33-28-13-15-31-27-21-23(22-5-6-22)7-12-26(27)28/h7-13,15,21-22,29-30H,1-6,14,16-20H2. The fraction of sp³-hybridized carbons (Fsp3) is 0.464. The van der Waals surface area contributed by atoms with Gasteiger partial charge in [-0.3, -0.25) is 4.98 Å². The largest absolute Gasteiger partial charge is 0.385 e. The minimum Gasteiger partial charge on any atom is -0.385 e. The topological polar surface area (TPSA) is 40.2 Å². The van der Waals surface area contributed by atoms with Crippen LogP contribution < -0.4 is 15.5 Å². The van der Waals surface area contributed by atoms with Gasteiger partial charge in [-0.2, -0.15) is 0 Å². The number of unbranched alkanes of at least 4 members (excludes halogenated alkanes) is 3. The second kappa shape index (κ2) is 11.3. The molecule has 4 nitrogen and oxygen atoms in total. The number of benzene rings is 2. The third kappa shape index (κ3) is 6.21. The van der Waals surface area contributed by atoms with Crippen molar-refractivity contribution in [1.82, 2.24) is 10.3 Å². The van der Waals surface area contributed by atoms with E-state index < -0.39 is 0 Å². The van der Waals surface area contributed by atoms with E-state index in [1.165, 1.54) is 71.5 Å². The lowest BCUT2D eigenvalue weighted by molar-refractivity contribution is 0.589. The molecule has 2 aliphatic rings. The van der Waals surface area contributed by atoms with Crippen LogP contribution in [0, 0.1) is 0 Å². The average molecular weight is 461 g/mol. The van der Waals surface area contributed by atoms with E-state index in [9.17, 15) is 0 Å². The third-order valence-corrected chi connectivity index (χ3v) is 7.94. The predicted octanol–water partition coefficient (Wildman–Crippen LogP) is 6.29. The molecule has 1 saturated carbocycles. The maximum absolute atomic E-state index is 4.62. The highest BCUT2D eigenvalue weighted by Crippen LogP contribution is 2.41. The SMILES string of the molecule is c1cc(SCCCCCCNc2ccc(N3CCNCC3)cc2)c2ccc(C3CC3)cc2n1. The van der Waals surface area contributed by atoms with Crippen LogP contribution in [0.3, 0.4) is 0 Å². The summed E-state index contributed by atoms with van der Waals surface area (Å²) in [5, 5.41) is 8.32. The molecule has 3 aromatic rings. The van der Waals surface area contributed by atoms with Gasteiger partial charge in [0.25, 0.3) is 0 Å². The highest BCUT2D eigenvalue weighted by Gasteiger charge is 2.23. The summed E-state index contributed by atoms with van der Waals surface area (Å²) in [6.45, 7) is 5.42. The Morgan fingerprint density at radius 1 is 0.939 bits per heavy atom. The first-order valence-electron chi connectivity index (χ1n) is 12.7. The number of hydrogen-bond acceptors (Lipinski definition) is 5. The summed E-state index contributed by atoms with van der Waals surface area (Å²) >= 11 is 1.99. The van der Waals surface area contributed by atoms with E-state index in [1.54, 1.807) is 0 Å². The minimum atomic E-state index is 0.790. The summed E-state index contributed by atoms with van der Waals surface area (Å²) in [4.78, 5) is 8.46. The molecule has 1 aromatic heterocycles. The van der Waals surface area contributed by atoms with Crippen molar-refractivity contribution in [2.24, 2.45) is 0 Å². The highest BCUT2D eigenvalue weighted by molar-refractivity contribution is 7.99. The lowest BCUT2D eigenvalue weighted by atomic mass is 10.1. The molecule has 0 amide bonds. The summed E-state index contributed by atoms with van der Waals surface area (Å²) in [5.41, 5.74) is 5.21. The van der Waals surface area contributed by atoms with Gasteiger partial charge < -0.3 is 15.5 Å². The lowest BCUT2D eigenvalue weighted by Crippen LogP contribution is -2.43. The first-order chi connectivity index (χ1) is 16.4. The Bertz CT molecular complexity index is 1030. The van der Waals surface area contributed by atoms with E-state index in [0.29, 0.717) is 0 Å². The Hall–Kier alpha value is -2.24. The van der Waals surface area contributed by atoms with Crippen molar-refractivity contribution < 1.29 is 0 Å². The first-order valence-corrected chi connectivity index (χ1v) is 13.7. The van der Waals surface area contributed by atoms with Crippen LogP contribution in [0.2, 0.25) is 0 Å². The number of aromatic nitrogens is 1. The smallest absolute Gasteiger partial charge is 0.0716 e. The van der Waals surface area contributed by atoms with E-state index in [-0.39, 0.29) is 0 Å². The molecule has 1 saturated heterocycles. The zero-order chi connectivity index (χ0) is 22.3. The zero-order valence-corrected chi connectivity index (χ0v) is 20.4. The van der Waals surface area contributed by atoms with Gasteiger partial charge in [0.1, 0.15) is 0 Å². The highest BCUT2D eigenvalue weighted by atomic mass is 32.2. The van der Waals surface area contributed by atoms with E-state index in [1.807, 2.05) is 18.0 Å². The van der Waals surface area contributed by atoms with Crippen LogP contribution in [0.15, 0.2) is 59.6 Å². The maximum Gasteiger partial charge on any atom is 0.0716 e. The van der Waals surface area contributed by atoms with Gasteiger partial charge in [0.15, 0.2) is 0 Å². The fourth-order valence-electron chi connectivity index (χ4n) is 4.64. The Morgan fingerprint density at radius 2 is 1.76 bits per heavy atom. The predicted molar refractivity (Wildman–Crippen MR) is 143 cm³/mol. The van der Waals surface area contributed by atoms with Gasteiger partial charge >= 0.3 is 0 Å². The Kier molecular flexibility index (Phi) is 7.69. The summed E-state index contributed by atoms with van der Waals surface area (Å²) < 4.78 is 0. The number of nitrogens with zero attached hydrogens (tertiary/aromatic N) is 2. The van der Waals surface area contributed by atoms with Crippen LogP contribution in [0.25, 0.3) is 10.9 Å². The molecule has 2 N–H and O–H groups in total. The normalized spacial score (nSPS) is 16.3. The molecule has 5 heteroatoms. The first kappa shape index (κ1) is 22.5. The molecule has 0 unspecified atom stereocenters. The van der Waals surface area contributed by atoms with Crippen LogP contribution in [0.1, 0.15) is 50.0 Å². The third-order valence-electron chi connectivity index (χ3n) is 6.78. The number of nitrogens with one attached hydrogen (secondary N) is 2. The maximum atomic E-state index is 4.62. The molecule has 1 aliphatic heterocycles. The van der Waals surface area contributed by atoms with Crippen molar-refractivity contribution in [3.8, 4) is 0 Å². The lowest BCUT2D eigenvalue weighted by Gasteiger charge is -2.29. The second-order valence-electron chi connectivity index (χ2n) is 9.33. The van der Waals surface area contributed by atoms with Gasteiger partial charge in [-0.1, -0.05) is 25.0 Å². The second-order valence-corrected chi connectivity index (χ2v) is 10.5. The molecule has 1 aliphatic carbocycles. The van der Waals surface area contributed by atoms with Gasteiger partial charge in [0.2, 0.25) is 0 Å². The number of piperazine rings is 1. The molecular formula is C28H36N4S. The minimum absolute atomic E-state index is 0.790. The van der Waals surface area contributed by atoms with Crippen LogP contribution >= 0.6 is 11.8 Å². The number of hydrogen-bond donors (Lipinski definition) is 2. The molecule has 2 aromatic carbocycles. The zero-order valence-electron chi connectivity index (χ0n) is 19.6. The van der Waals surface area contributed by atoms with E-state index in [0.717, 1.165) is 44.2 Å². The molecule has 174 valence electrons. The molecule has 0 spiro atoms. The number of rotatable bonds is 11. The average Bonchev–Trinajstić information content (AvgIpc) is 3.72. The summed E-state index contributed by atoms with van der Waals surface area (Å²) in [7, 11) is 0. The number of pyridine rings is 1. The number of thioether (sulfide) groups is 1. The summed E-state index contributed by atoms with van der Waals surface area (Å²) in [6, 6.07) is 18.0. The molecule has 2 heterocycles. The molecule has 5 rings (SSSR count). The van der Waals surface area contributed by atoms with Crippen LogP contribution in [0.4, 0.5) is 11.4 Å². The molecule has 2 fully saturated rings. The molecule has 0 radical (unpaired) electrons. The van der Waals surface area contributed by atoms with Crippen molar-refractivity contribution in [2.75, 3.05) is 48.7 Å². The molecule has 0 atom stereocenters. The fourth-order valence-corrected chi connectivity index (χ4v) is 5.70. The van der Waals surface area contributed by atoms with Crippen molar-refractivity contribution in [1.29, 1.82) is 0 Å². The van der Waals surface area contributed by atoms with E-state index >= 15 is 0 Å². The summed E-state index contributed by atoms with van der Waals surface area (Å²) in [5.74, 6) is 1.98. The van der Waals surface area contributed by atoms with Crippen molar-refractivity contribution in [2.45, 2.75) is 49.3 Å². The van der Waals surface area contributed by atoms with Gasteiger partial charge in [0, 0.05) is 60.6 Å². The van der Waals surface area contributed by atoms with Gasteiger partial charge in [-0.05, 0) is 79.3 Å². The van der Waals surface area contributed by atoms with Gasteiger partial charge in [-0.15, -0.1) is 11.8 Å². The van der Waals surface area contributed by atoms with Crippen LogP contribution in [-0.2, 0) is 0 Å². The Labute approximate surface area is 202 Å². The Morgan fingerprint density at radius 3 is 2.58 bits per heavy atom. The van der Waals surface area contributed by atoms with Crippen LogP contribution in [-0.4, -0.2) is 43.5 Å². The van der Waals surface area contributed by atoms with Crippen molar-refractivity contribution in [3.63, 3.8) is 0 Å². The number of anilines is 2. The monoisotopic (exact) mass is 460 g/mol. The van der Waals surface area contributed by atoms with Crippen LogP contribution in [0.5, 0.6) is 0 Å². The Balaban J connectivity index is 0.977. The van der Waals surface area contributed by atoms with Gasteiger partial charge in [0.05, 0.1) is 5.52 Å². The molecular weight excluding hydrogens is 424 g/mol. The van der Waals surface area contributed by atoms with E-state index in [4.69, 9.17) is 0 Å². The number of fused-ring (bicyclic) bond motifs is 1. The molecule has 33 heavy (non-hydrogen) atoms. The van der Waals surface area contributed by atoms with E-state index in [2.05, 4.69) is 69.0 Å². The summed E-state index contributed by atoms with van der Waals surface area (Å²) in [6.07, 6.45) is 9.75. The quantitative estimate of drug-likeness (QED) is 0.260. The molecule has 0 bridgehead atoms. The van der Waals surface area contributed by atoms with Gasteiger partial charge in [-0.25, -0.2) is 0 Å². The van der Waals surface area contributed by atoms with Crippen molar-refractivity contribution in [3.05, 3.63) is 60.3 Å².